The fraction of sp³-hybridized carbons (Fsp3) is 0.679. The quantitative estimate of drug-likeness (QED) is 0.549. The van der Waals surface area contributed by atoms with E-state index in [9.17, 15) is 27.6 Å². The molecule has 39 heavy (non-hydrogen) atoms. The van der Waals surface area contributed by atoms with E-state index in [4.69, 9.17) is 9.47 Å². The van der Waals surface area contributed by atoms with E-state index in [2.05, 4.69) is 5.32 Å². The molecule has 4 rings (SSSR count). The number of nitrogens with zero attached hydrogens (tertiary/aromatic N) is 2. The van der Waals surface area contributed by atoms with Gasteiger partial charge in [0.15, 0.2) is 0 Å². The smallest absolute Gasteiger partial charge is 0.410 e. The van der Waals surface area contributed by atoms with Gasteiger partial charge in [-0.15, -0.1) is 0 Å². The molecule has 3 aliphatic heterocycles. The van der Waals surface area contributed by atoms with Crippen molar-refractivity contribution in [2.75, 3.05) is 13.7 Å². The van der Waals surface area contributed by atoms with Crippen LogP contribution in [0.4, 0.5) is 18.0 Å². The number of halogens is 3. The molecule has 1 saturated heterocycles. The molecule has 1 aromatic carbocycles. The van der Waals surface area contributed by atoms with Gasteiger partial charge < -0.3 is 14.4 Å². The minimum atomic E-state index is -4.53. The number of fused-ring (bicyclic) bond motifs is 3. The monoisotopic (exact) mass is 553 g/mol. The summed E-state index contributed by atoms with van der Waals surface area (Å²) in [6.07, 6.45) is -2.58. The van der Waals surface area contributed by atoms with Crippen LogP contribution in [0.5, 0.6) is 0 Å². The lowest BCUT2D eigenvalue weighted by atomic mass is 9.97. The molecule has 0 unspecified atom stereocenters. The van der Waals surface area contributed by atoms with E-state index in [-0.39, 0.29) is 19.4 Å². The van der Waals surface area contributed by atoms with Gasteiger partial charge in [-0.05, 0) is 41.9 Å². The van der Waals surface area contributed by atoms with Crippen molar-refractivity contribution in [1.82, 2.24) is 15.1 Å². The summed E-state index contributed by atoms with van der Waals surface area (Å²) in [7, 11) is 1.19. The van der Waals surface area contributed by atoms with Crippen LogP contribution in [0.15, 0.2) is 18.2 Å². The number of ether oxygens (including phenoxy) is 2. The molecule has 3 aliphatic rings. The van der Waals surface area contributed by atoms with E-state index < -0.39 is 54.3 Å². The Morgan fingerprint density at radius 1 is 1.10 bits per heavy atom. The standard InChI is InChI=1S/C28H38F3N3O5/c1-17(2)24-25(35)34-15-20(13-22(34)26(36)38-3)39-27(37)33-14-19-11-8-10-18(21(19)16-33)9-6-4-5-7-12-23(32-24)28(29,30)31/h8,10-11,17,20,22-24,32H,4-7,9,12-16H2,1-3H3/t20-,22+,23+,24+/m1/s1. The first-order valence-electron chi connectivity index (χ1n) is 13.8. The van der Waals surface area contributed by atoms with Crippen LogP contribution in [0.25, 0.3) is 0 Å². The molecular formula is C28H38F3N3O5. The third-order valence-corrected chi connectivity index (χ3v) is 8.02. The van der Waals surface area contributed by atoms with Crippen LogP contribution in [-0.2, 0) is 38.6 Å². The highest BCUT2D eigenvalue weighted by Gasteiger charge is 2.47. The Balaban J connectivity index is 1.62. The third kappa shape index (κ3) is 6.67. The fourth-order valence-corrected chi connectivity index (χ4v) is 5.86. The van der Waals surface area contributed by atoms with Crippen molar-refractivity contribution in [2.24, 2.45) is 5.92 Å². The predicted molar refractivity (Wildman–Crippen MR) is 136 cm³/mol. The molecule has 4 bridgehead atoms. The number of amides is 2. The van der Waals surface area contributed by atoms with Gasteiger partial charge in [-0.2, -0.15) is 13.2 Å². The zero-order chi connectivity index (χ0) is 28.3. The summed E-state index contributed by atoms with van der Waals surface area (Å²) in [4.78, 5) is 42.2. The van der Waals surface area contributed by atoms with Crippen molar-refractivity contribution in [1.29, 1.82) is 0 Å². The number of rotatable bonds is 2. The van der Waals surface area contributed by atoms with Gasteiger partial charge in [0, 0.05) is 19.5 Å². The molecule has 8 nitrogen and oxygen atoms in total. The highest BCUT2D eigenvalue weighted by molar-refractivity contribution is 5.88. The van der Waals surface area contributed by atoms with Crippen molar-refractivity contribution < 1.29 is 37.0 Å². The van der Waals surface area contributed by atoms with Crippen LogP contribution >= 0.6 is 0 Å². The summed E-state index contributed by atoms with van der Waals surface area (Å²) in [6, 6.07) is 1.89. The maximum absolute atomic E-state index is 14.0. The number of alkyl halides is 3. The molecule has 0 radical (unpaired) electrons. The highest BCUT2D eigenvalue weighted by atomic mass is 19.4. The number of nitrogens with one attached hydrogen (secondary N) is 1. The van der Waals surface area contributed by atoms with Gasteiger partial charge in [-0.1, -0.05) is 51.3 Å². The van der Waals surface area contributed by atoms with Gasteiger partial charge in [0.25, 0.3) is 0 Å². The molecule has 1 fully saturated rings. The molecule has 1 N–H and O–H groups in total. The molecule has 3 heterocycles. The molecule has 2 amide bonds. The van der Waals surface area contributed by atoms with E-state index >= 15 is 0 Å². The number of aryl methyl sites for hydroxylation is 1. The van der Waals surface area contributed by atoms with Crippen molar-refractivity contribution >= 4 is 18.0 Å². The molecule has 0 aromatic heterocycles. The van der Waals surface area contributed by atoms with E-state index in [0.717, 1.165) is 36.0 Å². The van der Waals surface area contributed by atoms with Crippen LogP contribution in [0.1, 0.15) is 69.1 Å². The second kappa shape index (κ2) is 12.1. The van der Waals surface area contributed by atoms with Crippen molar-refractivity contribution in [2.45, 2.75) is 102 Å². The minimum absolute atomic E-state index is 0.0176. The lowest BCUT2D eigenvalue weighted by Gasteiger charge is -2.33. The molecule has 0 aliphatic carbocycles. The first-order chi connectivity index (χ1) is 18.5. The largest absolute Gasteiger partial charge is 0.467 e. The van der Waals surface area contributed by atoms with Crippen LogP contribution in [-0.4, -0.2) is 71.8 Å². The summed E-state index contributed by atoms with van der Waals surface area (Å²) in [5.41, 5.74) is 3.27. The number of hydrogen-bond donors (Lipinski definition) is 1. The Labute approximate surface area is 227 Å². The number of carbonyl (C=O) groups is 3. The average Bonchev–Trinajstić information content (AvgIpc) is 3.50. The molecule has 0 spiro atoms. The second-order valence-electron chi connectivity index (χ2n) is 11.1. The zero-order valence-corrected chi connectivity index (χ0v) is 22.8. The van der Waals surface area contributed by atoms with Crippen molar-refractivity contribution in [3.63, 3.8) is 0 Å². The van der Waals surface area contributed by atoms with Gasteiger partial charge in [0.05, 0.1) is 19.7 Å². The van der Waals surface area contributed by atoms with Crippen molar-refractivity contribution in [3.8, 4) is 0 Å². The van der Waals surface area contributed by atoms with Gasteiger partial charge in [0.2, 0.25) is 5.91 Å². The lowest BCUT2D eigenvalue weighted by molar-refractivity contribution is -0.164. The van der Waals surface area contributed by atoms with E-state index in [1.807, 2.05) is 18.2 Å². The van der Waals surface area contributed by atoms with Crippen molar-refractivity contribution in [3.05, 3.63) is 34.9 Å². The normalized spacial score (nSPS) is 27.2. The van der Waals surface area contributed by atoms with Gasteiger partial charge in [-0.25, -0.2) is 9.59 Å². The Bertz CT molecular complexity index is 1060. The first-order valence-corrected chi connectivity index (χ1v) is 13.8. The Morgan fingerprint density at radius 2 is 1.82 bits per heavy atom. The maximum Gasteiger partial charge on any atom is 0.410 e. The molecular weight excluding hydrogens is 515 g/mol. The summed E-state index contributed by atoms with van der Waals surface area (Å²) < 4.78 is 52.7. The number of methoxy groups -OCH3 is 1. The van der Waals surface area contributed by atoms with Crippen LogP contribution < -0.4 is 5.32 Å². The average molecular weight is 554 g/mol. The number of hydrogen-bond acceptors (Lipinski definition) is 6. The van der Waals surface area contributed by atoms with E-state index in [0.29, 0.717) is 25.9 Å². The summed E-state index contributed by atoms with van der Waals surface area (Å²) in [5, 5.41) is 2.57. The second-order valence-corrected chi connectivity index (χ2v) is 11.1. The molecule has 4 atom stereocenters. The van der Waals surface area contributed by atoms with Gasteiger partial charge in [0.1, 0.15) is 18.2 Å². The number of esters is 1. The zero-order valence-electron chi connectivity index (χ0n) is 22.8. The van der Waals surface area contributed by atoms with E-state index in [1.54, 1.807) is 18.7 Å². The highest BCUT2D eigenvalue weighted by Crippen LogP contribution is 2.31. The Hall–Kier alpha value is -2.82. The SMILES string of the molecule is COC(=O)[C@@H]1C[C@@H]2CN1C(=O)[C@H](C(C)C)N[C@H](C(F)(F)F)CCCCCCc1cccc3c1CN(C3)C(=O)O2. The van der Waals surface area contributed by atoms with Crippen LogP contribution in [0, 0.1) is 5.92 Å². The Morgan fingerprint density at radius 3 is 2.51 bits per heavy atom. The predicted octanol–water partition coefficient (Wildman–Crippen LogP) is 4.33. The van der Waals surface area contributed by atoms with Crippen LogP contribution in [0.2, 0.25) is 0 Å². The van der Waals surface area contributed by atoms with Gasteiger partial charge in [-0.3, -0.25) is 15.0 Å². The van der Waals surface area contributed by atoms with Crippen LogP contribution in [0.3, 0.4) is 0 Å². The van der Waals surface area contributed by atoms with E-state index in [1.165, 1.54) is 12.0 Å². The molecule has 11 heteroatoms. The summed E-state index contributed by atoms with van der Waals surface area (Å²) >= 11 is 0. The first kappa shape index (κ1) is 29.2. The fourth-order valence-electron chi connectivity index (χ4n) is 5.86. The minimum Gasteiger partial charge on any atom is -0.467 e. The summed E-state index contributed by atoms with van der Waals surface area (Å²) in [5.74, 6) is -1.81. The summed E-state index contributed by atoms with van der Waals surface area (Å²) in [6.45, 7) is 4.05. The van der Waals surface area contributed by atoms with Gasteiger partial charge >= 0.3 is 18.2 Å². The third-order valence-electron chi connectivity index (χ3n) is 8.02. The molecule has 0 saturated carbocycles. The Kier molecular flexibility index (Phi) is 9.08. The topological polar surface area (TPSA) is 88.2 Å². The number of carbonyl (C=O) groups excluding carboxylic acids is 3. The number of benzene rings is 1. The molecule has 1 aromatic rings. The lowest BCUT2D eigenvalue weighted by Crippen LogP contribution is -2.57. The molecule has 216 valence electrons. The maximum atomic E-state index is 14.0.